The summed E-state index contributed by atoms with van der Waals surface area (Å²) in [6.07, 6.45) is 6.33. The van der Waals surface area contributed by atoms with E-state index in [4.69, 9.17) is 0 Å². The molecule has 0 atom stereocenters. The molecule has 0 heterocycles. The second-order valence-electron chi connectivity index (χ2n) is 3.43. The zero-order chi connectivity index (χ0) is 10.1. The molecule has 0 spiro atoms. The van der Waals surface area contributed by atoms with Crippen LogP contribution in [0.4, 0.5) is 0 Å². The number of amides is 1. The first-order chi connectivity index (χ1) is 6.22. The van der Waals surface area contributed by atoms with Crippen LogP contribution >= 0.6 is 0 Å². The largest absolute Gasteiger partial charge is 0.346 e. The van der Waals surface area contributed by atoms with Gasteiger partial charge in [0.05, 0.1) is 0 Å². The summed E-state index contributed by atoms with van der Waals surface area (Å²) in [6.45, 7) is 6.60. The van der Waals surface area contributed by atoms with Crippen molar-refractivity contribution in [3.05, 3.63) is 6.92 Å². The number of carbonyl (C=O) groups is 1. The summed E-state index contributed by atoms with van der Waals surface area (Å²) in [5.41, 5.74) is 0. The molecule has 0 unspecified atom stereocenters. The van der Waals surface area contributed by atoms with Crippen molar-refractivity contribution in [2.24, 2.45) is 0 Å². The molecule has 0 bridgehead atoms. The maximum atomic E-state index is 11.3. The average Bonchev–Trinajstić information content (AvgIpc) is 2.16. The van der Waals surface area contributed by atoms with Crippen molar-refractivity contribution >= 4 is 5.91 Å². The van der Waals surface area contributed by atoms with Crippen molar-refractivity contribution in [2.75, 3.05) is 13.6 Å². The molecule has 0 saturated carbocycles. The van der Waals surface area contributed by atoms with Gasteiger partial charge in [0, 0.05) is 20.0 Å². The van der Waals surface area contributed by atoms with Gasteiger partial charge in [0.2, 0.25) is 5.91 Å². The Bertz CT molecular complexity index is 134. The van der Waals surface area contributed by atoms with Gasteiger partial charge < -0.3 is 4.90 Å². The zero-order valence-corrected chi connectivity index (χ0v) is 9.01. The SMILES string of the molecule is [CH2]CCCCCCC(=O)N(C)CC. The van der Waals surface area contributed by atoms with Crippen molar-refractivity contribution in [1.82, 2.24) is 4.90 Å². The number of rotatable bonds is 7. The highest BCUT2D eigenvalue weighted by molar-refractivity contribution is 5.75. The lowest BCUT2D eigenvalue weighted by Gasteiger charge is -2.13. The van der Waals surface area contributed by atoms with E-state index in [0.717, 1.165) is 19.4 Å². The highest BCUT2D eigenvalue weighted by Gasteiger charge is 2.04. The molecule has 0 rings (SSSR count). The Morgan fingerprint density at radius 1 is 1.23 bits per heavy atom. The Kier molecular flexibility index (Phi) is 7.76. The molecule has 1 amide bonds. The van der Waals surface area contributed by atoms with Gasteiger partial charge in [-0.05, 0) is 13.3 Å². The standard InChI is InChI=1S/C11H22NO/c1-4-6-7-8-9-10-11(13)12(3)5-2/h1,4-10H2,2-3H3. The van der Waals surface area contributed by atoms with Gasteiger partial charge >= 0.3 is 0 Å². The molecule has 0 aromatic rings. The molecule has 0 aromatic heterocycles. The van der Waals surface area contributed by atoms with Crippen LogP contribution in [-0.4, -0.2) is 24.4 Å². The van der Waals surface area contributed by atoms with Crippen LogP contribution in [0.25, 0.3) is 0 Å². The Morgan fingerprint density at radius 2 is 1.85 bits per heavy atom. The molecule has 0 aliphatic carbocycles. The van der Waals surface area contributed by atoms with Crippen LogP contribution in [0.5, 0.6) is 0 Å². The van der Waals surface area contributed by atoms with Gasteiger partial charge in [-0.2, -0.15) is 0 Å². The summed E-state index contributed by atoms with van der Waals surface area (Å²) in [7, 11) is 1.86. The molecule has 0 aromatic carbocycles. The van der Waals surface area contributed by atoms with E-state index in [9.17, 15) is 4.79 Å². The molecule has 0 fully saturated rings. The molecule has 0 N–H and O–H groups in total. The Hall–Kier alpha value is -0.530. The van der Waals surface area contributed by atoms with Crippen LogP contribution in [0.15, 0.2) is 0 Å². The summed E-state index contributed by atoms with van der Waals surface area (Å²) in [4.78, 5) is 13.1. The topological polar surface area (TPSA) is 20.3 Å². The lowest BCUT2D eigenvalue weighted by Crippen LogP contribution is -2.25. The van der Waals surface area contributed by atoms with Crippen LogP contribution in [0.1, 0.15) is 45.4 Å². The predicted octanol–water partition coefficient (Wildman–Crippen LogP) is 2.64. The van der Waals surface area contributed by atoms with E-state index < -0.39 is 0 Å². The predicted molar refractivity (Wildman–Crippen MR) is 56.4 cm³/mol. The van der Waals surface area contributed by atoms with Gasteiger partial charge in [-0.3, -0.25) is 4.79 Å². The first-order valence-corrected chi connectivity index (χ1v) is 5.25. The van der Waals surface area contributed by atoms with Crippen LogP contribution in [0, 0.1) is 6.92 Å². The van der Waals surface area contributed by atoms with Crippen molar-refractivity contribution < 1.29 is 4.79 Å². The first kappa shape index (κ1) is 12.5. The minimum atomic E-state index is 0.275. The normalized spacial score (nSPS) is 10.1. The van der Waals surface area contributed by atoms with Gasteiger partial charge in [-0.1, -0.05) is 32.6 Å². The minimum Gasteiger partial charge on any atom is -0.346 e. The molecule has 2 nitrogen and oxygen atoms in total. The number of nitrogens with zero attached hydrogens (tertiary/aromatic N) is 1. The fraction of sp³-hybridized carbons (Fsp3) is 0.818. The Morgan fingerprint density at radius 3 is 2.38 bits per heavy atom. The third-order valence-corrected chi connectivity index (χ3v) is 2.29. The molecule has 2 heteroatoms. The summed E-state index contributed by atoms with van der Waals surface area (Å²) < 4.78 is 0. The lowest BCUT2D eigenvalue weighted by molar-refractivity contribution is -0.129. The van der Waals surface area contributed by atoms with Crippen molar-refractivity contribution in [1.29, 1.82) is 0 Å². The molecule has 1 radical (unpaired) electrons. The van der Waals surface area contributed by atoms with Gasteiger partial charge in [-0.25, -0.2) is 0 Å². The number of unbranched alkanes of at least 4 members (excludes halogenated alkanes) is 4. The quantitative estimate of drug-likeness (QED) is 0.557. The summed E-state index contributed by atoms with van der Waals surface area (Å²) in [6, 6.07) is 0. The van der Waals surface area contributed by atoms with Gasteiger partial charge in [0.25, 0.3) is 0 Å². The van der Waals surface area contributed by atoms with Gasteiger partial charge in [0.1, 0.15) is 0 Å². The van der Waals surface area contributed by atoms with E-state index in [1.165, 1.54) is 19.3 Å². The van der Waals surface area contributed by atoms with E-state index in [2.05, 4.69) is 6.92 Å². The molecule has 0 aliphatic heterocycles. The van der Waals surface area contributed by atoms with Crippen LogP contribution in [0.2, 0.25) is 0 Å². The van der Waals surface area contributed by atoms with Crippen LogP contribution in [-0.2, 0) is 4.79 Å². The van der Waals surface area contributed by atoms with E-state index >= 15 is 0 Å². The third-order valence-electron chi connectivity index (χ3n) is 2.29. The number of hydrogen-bond donors (Lipinski definition) is 0. The van der Waals surface area contributed by atoms with Crippen molar-refractivity contribution in [3.63, 3.8) is 0 Å². The summed E-state index contributed by atoms with van der Waals surface area (Å²) in [5.74, 6) is 0.275. The molecule has 0 aliphatic rings. The van der Waals surface area contributed by atoms with Crippen LogP contribution in [0.3, 0.4) is 0 Å². The monoisotopic (exact) mass is 184 g/mol. The number of hydrogen-bond acceptors (Lipinski definition) is 1. The fourth-order valence-electron chi connectivity index (χ4n) is 1.17. The first-order valence-electron chi connectivity index (χ1n) is 5.25. The van der Waals surface area contributed by atoms with E-state index in [0.29, 0.717) is 6.42 Å². The molecular weight excluding hydrogens is 162 g/mol. The second-order valence-corrected chi connectivity index (χ2v) is 3.43. The highest BCUT2D eigenvalue weighted by atomic mass is 16.2. The average molecular weight is 184 g/mol. The van der Waals surface area contributed by atoms with E-state index in [1.54, 1.807) is 4.90 Å². The Labute approximate surface area is 82.3 Å². The molecule has 13 heavy (non-hydrogen) atoms. The Balaban J connectivity index is 3.27. The molecular formula is C11H22NO. The van der Waals surface area contributed by atoms with Crippen molar-refractivity contribution in [2.45, 2.75) is 45.4 Å². The van der Waals surface area contributed by atoms with Gasteiger partial charge in [0.15, 0.2) is 0 Å². The van der Waals surface area contributed by atoms with Gasteiger partial charge in [-0.15, -0.1) is 0 Å². The highest BCUT2D eigenvalue weighted by Crippen LogP contribution is 2.05. The maximum Gasteiger partial charge on any atom is 0.222 e. The maximum absolute atomic E-state index is 11.3. The van der Waals surface area contributed by atoms with E-state index in [-0.39, 0.29) is 5.91 Å². The van der Waals surface area contributed by atoms with E-state index in [1.807, 2.05) is 14.0 Å². The summed E-state index contributed by atoms with van der Waals surface area (Å²) >= 11 is 0. The van der Waals surface area contributed by atoms with Crippen molar-refractivity contribution in [3.8, 4) is 0 Å². The number of carbonyl (C=O) groups excluding carboxylic acids is 1. The lowest BCUT2D eigenvalue weighted by atomic mass is 10.1. The smallest absolute Gasteiger partial charge is 0.222 e. The molecule has 77 valence electrons. The minimum absolute atomic E-state index is 0.275. The second kappa shape index (κ2) is 8.09. The fourth-order valence-corrected chi connectivity index (χ4v) is 1.17. The summed E-state index contributed by atoms with van der Waals surface area (Å²) in [5, 5.41) is 0. The third kappa shape index (κ3) is 6.62. The molecule has 0 saturated heterocycles. The van der Waals surface area contributed by atoms with Crippen LogP contribution < -0.4 is 0 Å². The zero-order valence-electron chi connectivity index (χ0n) is 9.01.